The molecular weight excluding hydrogens is 193 g/mol. The Balaban J connectivity index is 2.99. The Kier molecular flexibility index (Phi) is 3.51. The zero-order valence-electron chi connectivity index (χ0n) is 3.49. The molecule has 0 fully saturated rings. The number of alkyl halides is 1. The van der Waals surface area contributed by atoms with E-state index in [0.717, 1.165) is 0 Å². The van der Waals surface area contributed by atoms with Crippen molar-refractivity contribution in [3.8, 4) is 0 Å². The Bertz CT molecular complexity index is 48.8. The molecule has 0 spiro atoms. The van der Waals surface area contributed by atoms with Gasteiger partial charge in [-0.2, -0.15) is 0 Å². The minimum Gasteiger partial charge on any atom is -0.484 e. The SMILES string of the molecule is COC(=N)CI. The van der Waals surface area contributed by atoms with Crippen LogP contribution in [0.5, 0.6) is 0 Å². The van der Waals surface area contributed by atoms with Crippen molar-refractivity contribution in [2.75, 3.05) is 11.5 Å². The van der Waals surface area contributed by atoms with Crippen LogP contribution in [0, 0.1) is 5.41 Å². The maximum atomic E-state index is 6.76. The van der Waals surface area contributed by atoms with Gasteiger partial charge in [0.1, 0.15) is 0 Å². The summed E-state index contributed by atoms with van der Waals surface area (Å²) < 4.78 is 5.14. The lowest BCUT2D eigenvalue weighted by atomic mass is 10.8. The first-order chi connectivity index (χ1) is 2.81. The summed E-state index contributed by atoms with van der Waals surface area (Å²) in [5.41, 5.74) is 0. The van der Waals surface area contributed by atoms with E-state index in [2.05, 4.69) is 27.3 Å². The van der Waals surface area contributed by atoms with Crippen molar-refractivity contribution in [1.82, 2.24) is 0 Å². The van der Waals surface area contributed by atoms with Gasteiger partial charge in [0.2, 0.25) is 0 Å². The highest BCUT2D eigenvalue weighted by atomic mass is 127. The van der Waals surface area contributed by atoms with E-state index in [-0.39, 0.29) is 0 Å². The van der Waals surface area contributed by atoms with Crippen LogP contribution in [0.3, 0.4) is 0 Å². The number of methoxy groups -OCH3 is 1. The van der Waals surface area contributed by atoms with Gasteiger partial charge in [-0.05, 0) is 0 Å². The van der Waals surface area contributed by atoms with Gasteiger partial charge < -0.3 is 4.74 Å². The monoisotopic (exact) mass is 199 g/mol. The van der Waals surface area contributed by atoms with E-state index < -0.39 is 0 Å². The number of rotatable bonds is 1. The molecule has 6 heavy (non-hydrogen) atoms. The zero-order chi connectivity index (χ0) is 4.99. The second-order valence-electron chi connectivity index (χ2n) is 0.761. The van der Waals surface area contributed by atoms with Gasteiger partial charge in [0.05, 0.1) is 11.5 Å². The molecule has 0 rings (SSSR count). The van der Waals surface area contributed by atoms with Gasteiger partial charge >= 0.3 is 0 Å². The average Bonchev–Trinajstić information content (AvgIpc) is 1.65. The third kappa shape index (κ3) is 2.44. The number of nitrogens with one attached hydrogen (secondary N) is 1. The highest BCUT2D eigenvalue weighted by Crippen LogP contribution is 1.81. The van der Waals surface area contributed by atoms with Crippen LogP contribution in [0.2, 0.25) is 0 Å². The van der Waals surface area contributed by atoms with Crippen molar-refractivity contribution in [2.24, 2.45) is 0 Å². The topological polar surface area (TPSA) is 33.1 Å². The molecule has 0 heterocycles. The van der Waals surface area contributed by atoms with Crippen molar-refractivity contribution in [2.45, 2.75) is 0 Å². The van der Waals surface area contributed by atoms with Gasteiger partial charge in [-0.25, -0.2) is 0 Å². The van der Waals surface area contributed by atoms with Crippen molar-refractivity contribution < 1.29 is 4.74 Å². The lowest BCUT2D eigenvalue weighted by Gasteiger charge is -1.90. The maximum absolute atomic E-state index is 6.76. The number of hydrogen-bond acceptors (Lipinski definition) is 2. The molecule has 36 valence electrons. The molecular formula is C3H6INO. The first-order valence-corrected chi connectivity index (χ1v) is 3.01. The fourth-order valence-electron chi connectivity index (χ4n) is 0.0546. The number of hydrogen-bond donors (Lipinski definition) is 1. The van der Waals surface area contributed by atoms with Crippen LogP contribution in [0.25, 0.3) is 0 Å². The minimum absolute atomic E-state index is 0.329. The van der Waals surface area contributed by atoms with Crippen LogP contribution in [-0.4, -0.2) is 17.4 Å². The smallest absolute Gasteiger partial charge is 0.190 e. The third-order valence-corrected chi connectivity index (χ3v) is 1.06. The molecule has 0 radical (unpaired) electrons. The maximum Gasteiger partial charge on any atom is 0.190 e. The van der Waals surface area contributed by atoms with Gasteiger partial charge in [0.25, 0.3) is 0 Å². The molecule has 0 saturated heterocycles. The highest BCUT2D eigenvalue weighted by molar-refractivity contribution is 14.1. The standard InChI is InChI=1S/C3H6INO/c1-6-3(5)2-4/h5H,2H2,1H3. The van der Waals surface area contributed by atoms with Crippen molar-refractivity contribution in [3.05, 3.63) is 0 Å². The van der Waals surface area contributed by atoms with Crippen molar-refractivity contribution in [3.63, 3.8) is 0 Å². The molecule has 0 unspecified atom stereocenters. The van der Waals surface area contributed by atoms with Gasteiger partial charge in [-0.15, -0.1) is 0 Å². The van der Waals surface area contributed by atoms with Crippen LogP contribution in [-0.2, 0) is 4.74 Å². The summed E-state index contributed by atoms with van der Waals surface area (Å²) in [7, 11) is 1.50. The predicted molar refractivity (Wildman–Crippen MR) is 33.6 cm³/mol. The largest absolute Gasteiger partial charge is 0.484 e. The summed E-state index contributed by atoms with van der Waals surface area (Å²) in [5, 5.41) is 6.76. The molecule has 0 saturated carbocycles. The van der Waals surface area contributed by atoms with E-state index in [1.807, 2.05) is 0 Å². The average molecular weight is 199 g/mol. The summed E-state index contributed by atoms with van der Waals surface area (Å²) in [4.78, 5) is 0. The van der Waals surface area contributed by atoms with E-state index in [1.54, 1.807) is 0 Å². The summed E-state index contributed by atoms with van der Waals surface area (Å²) in [5.74, 6) is 0.329. The lowest BCUT2D eigenvalue weighted by Crippen LogP contribution is -1.97. The Labute approximate surface area is 50.5 Å². The molecule has 0 aromatic rings. The first kappa shape index (κ1) is 6.20. The normalized spacial score (nSPS) is 7.67. The summed E-state index contributed by atoms with van der Waals surface area (Å²) >= 11 is 2.06. The van der Waals surface area contributed by atoms with Gasteiger partial charge in [-0.1, -0.05) is 22.6 Å². The fraction of sp³-hybridized carbons (Fsp3) is 0.667. The molecule has 0 aliphatic carbocycles. The van der Waals surface area contributed by atoms with Gasteiger partial charge in [-0.3, -0.25) is 5.41 Å². The van der Waals surface area contributed by atoms with E-state index in [0.29, 0.717) is 10.3 Å². The fourth-order valence-corrected chi connectivity index (χ4v) is 0.366. The molecule has 2 nitrogen and oxygen atoms in total. The molecule has 0 aromatic carbocycles. The molecule has 0 atom stereocenters. The Morgan fingerprint density at radius 1 is 2.00 bits per heavy atom. The molecule has 0 amide bonds. The highest BCUT2D eigenvalue weighted by Gasteiger charge is 1.83. The number of ether oxygens (including phenoxy) is 1. The van der Waals surface area contributed by atoms with Crippen LogP contribution in [0.15, 0.2) is 0 Å². The van der Waals surface area contributed by atoms with Crippen LogP contribution < -0.4 is 0 Å². The molecule has 0 aliphatic heterocycles. The Morgan fingerprint density at radius 3 is 2.50 bits per heavy atom. The Morgan fingerprint density at radius 2 is 2.50 bits per heavy atom. The van der Waals surface area contributed by atoms with Crippen molar-refractivity contribution in [1.29, 1.82) is 5.41 Å². The zero-order valence-corrected chi connectivity index (χ0v) is 5.65. The lowest BCUT2D eigenvalue weighted by molar-refractivity contribution is 0.398. The van der Waals surface area contributed by atoms with E-state index >= 15 is 0 Å². The van der Waals surface area contributed by atoms with E-state index in [1.165, 1.54) is 7.11 Å². The van der Waals surface area contributed by atoms with Crippen molar-refractivity contribution >= 4 is 28.5 Å². The van der Waals surface area contributed by atoms with Crippen LogP contribution in [0.4, 0.5) is 0 Å². The van der Waals surface area contributed by atoms with Gasteiger partial charge in [0.15, 0.2) is 5.90 Å². The molecule has 1 N–H and O–H groups in total. The van der Waals surface area contributed by atoms with Crippen LogP contribution in [0.1, 0.15) is 0 Å². The second kappa shape index (κ2) is 3.39. The number of halogens is 1. The quantitative estimate of drug-likeness (QED) is 0.291. The molecule has 0 aliphatic rings. The summed E-state index contributed by atoms with van der Waals surface area (Å²) in [6.45, 7) is 0. The summed E-state index contributed by atoms with van der Waals surface area (Å²) in [6, 6.07) is 0. The van der Waals surface area contributed by atoms with E-state index in [4.69, 9.17) is 5.41 Å². The Hall–Kier alpha value is 0.200. The van der Waals surface area contributed by atoms with E-state index in [9.17, 15) is 0 Å². The minimum atomic E-state index is 0.329. The van der Waals surface area contributed by atoms with Crippen LogP contribution >= 0.6 is 22.6 Å². The molecule has 0 aromatic heterocycles. The molecule has 3 heteroatoms. The third-order valence-electron chi connectivity index (χ3n) is 0.368. The predicted octanol–water partition coefficient (Wildman–Crippen LogP) is 1.05. The van der Waals surface area contributed by atoms with Gasteiger partial charge in [0, 0.05) is 0 Å². The summed E-state index contributed by atoms with van der Waals surface area (Å²) in [6.07, 6.45) is 0. The second-order valence-corrected chi connectivity index (χ2v) is 1.52. The molecule has 0 bridgehead atoms. The first-order valence-electron chi connectivity index (χ1n) is 1.48.